The molecule has 0 spiro atoms. The fourth-order valence-corrected chi connectivity index (χ4v) is 4.30. The van der Waals surface area contributed by atoms with Crippen LogP contribution < -0.4 is 0 Å². The molecule has 1 saturated carbocycles. The number of carbonyl (C=O) groups is 1. The second kappa shape index (κ2) is 8.59. The van der Waals surface area contributed by atoms with Gasteiger partial charge in [0.2, 0.25) is 5.91 Å². The molecule has 2 aromatic carbocycles. The van der Waals surface area contributed by atoms with Gasteiger partial charge in [0.25, 0.3) is 0 Å². The largest absolute Gasteiger partial charge is 0.390 e. The van der Waals surface area contributed by atoms with E-state index in [1.807, 2.05) is 35.2 Å². The number of amides is 1. The van der Waals surface area contributed by atoms with Crippen molar-refractivity contribution in [2.45, 2.75) is 51.7 Å². The van der Waals surface area contributed by atoms with Crippen LogP contribution >= 0.6 is 0 Å². The van der Waals surface area contributed by atoms with Gasteiger partial charge in [-0.3, -0.25) is 4.79 Å². The first-order chi connectivity index (χ1) is 13.7. The van der Waals surface area contributed by atoms with Gasteiger partial charge in [0.1, 0.15) is 0 Å². The van der Waals surface area contributed by atoms with Crippen LogP contribution in [0.2, 0.25) is 0 Å². The monoisotopic (exact) mass is 376 g/mol. The molecule has 0 bridgehead atoms. The molecule has 1 fully saturated rings. The van der Waals surface area contributed by atoms with E-state index in [0.29, 0.717) is 13.1 Å². The maximum atomic E-state index is 13.2. The number of carbonyl (C=O) groups excluding carboxylic acids is 1. The third kappa shape index (κ3) is 4.27. The number of oxime groups is 1. The van der Waals surface area contributed by atoms with E-state index in [1.54, 1.807) is 0 Å². The molecule has 28 heavy (non-hydrogen) atoms. The van der Waals surface area contributed by atoms with Crippen LogP contribution in [0.15, 0.2) is 59.8 Å². The first-order valence-corrected chi connectivity index (χ1v) is 10.3. The molecule has 1 heterocycles. The Balaban J connectivity index is 1.45. The lowest BCUT2D eigenvalue weighted by Gasteiger charge is -2.27. The second-order valence-corrected chi connectivity index (χ2v) is 7.97. The van der Waals surface area contributed by atoms with Crippen molar-refractivity contribution < 1.29 is 9.63 Å². The summed E-state index contributed by atoms with van der Waals surface area (Å²) in [5, 5.41) is 4.34. The summed E-state index contributed by atoms with van der Waals surface area (Å²) < 4.78 is 0. The topological polar surface area (TPSA) is 41.9 Å². The molecular formula is C24H28N2O2. The van der Waals surface area contributed by atoms with Crippen molar-refractivity contribution in [2.24, 2.45) is 11.1 Å². The van der Waals surface area contributed by atoms with Crippen molar-refractivity contribution in [3.8, 4) is 0 Å². The molecule has 0 saturated heterocycles. The number of benzene rings is 2. The van der Waals surface area contributed by atoms with Gasteiger partial charge in [-0.2, -0.15) is 0 Å². The highest BCUT2D eigenvalue weighted by molar-refractivity contribution is 6.02. The van der Waals surface area contributed by atoms with Gasteiger partial charge in [-0.05, 0) is 30.9 Å². The van der Waals surface area contributed by atoms with Crippen LogP contribution in [-0.2, 0) is 16.2 Å². The molecule has 1 aliphatic carbocycles. The SMILES string of the molecule is Cc1ccccc1C1=NOC(CN(Cc2ccccc2)C(=O)C2CCCC2)C1. The third-order valence-corrected chi connectivity index (χ3v) is 5.85. The number of aryl methyl sites for hydroxylation is 1. The predicted octanol–water partition coefficient (Wildman–Crippen LogP) is 4.71. The molecule has 0 N–H and O–H groups in total. The zero-order valence-electron chi connectivity index (χ0n) is 16.5. The number of hydrogen-bond acceptors (Lipinski definition) is 3. The molecule has 4 nitrogen and oxygen atoms in total. The Morgan fingerprint density at radius 2 is 1.79 bits per heavy atom. The van der Waals surface area contributed by atoms with E-state index in [-0.39, 0.29) is 17.9 Å². The lowest BCUT2D eigenvalue weighted by Crippen LogP contribution is -2.40. The van der Waals surface area contributed by atoms with Crippen molar-refractivity contribution in [1.82, 2.24) is 4.90 Å². The lowest BCUT2D eigenvalue weighted by atomic mass is 9.99. The summed E-state index contributed by atoms with van der Waals surface area (Å²) in [6.07, 6.45) is 5.02. The van der Waals surface area contributed by atoms with Crippen molar-refractivity contribution >= 4 is 11.6 Å². The average molecular weight is 377 g/mol. The Kier molecular flexibility index (Phi) is 5.75. The van der Waals surface area contributed by atoms with Gasteiger partial charge in [0.05, 0.1) is 12.3 Å². The molecule has 0 radical (unpaired) electrons. The summed E-state index contributed by atoms with van der Waals surface area (Å²) in [6, 6.07) is 18.5. The van der Waals surface area contributed by atoms with E-state index in [1.165, 1.54) is 5.56 Å². The van der Waals surface area contributed by atoms with E-state index < -0.39 is 0 Å². The minimum absolute atomic E-state index is 0.0799. The third-order valence-electron chi connectivity index (χ3n) is 5.85. The minimum atomic E-state index is -0.0799. The summed E-state index contributed by atoms with van der Waals surface area (Å²) in [4.78, 5) is 20.9. The predicted molar refractivity (Wildman–Crippen MR) is 111 cm³/mol. The molecule has 1 aliphatic heterocycles. The quantitative estimate of drug-likeness (QED) is 0.733. The van der Waals surface area contributed by atoms with Crippen molar-refractivity contribution in [3.63, 3.8) is 0 Å². The van der Waals surface area contributed by atoms with Gasteiger partial charge in [0, 0.05) is 24.4 Å². The summed E-state index contributed by atoms with van der Waals surface area (Å²) in [5.74, 6) is 0.441. The van der Waals surface area contributed by atoms with E-state index >= 15 is 0 Å². The Hall–Kier alpha value is -2.62. The Bertz CT molecular complexity index is 841. The number of rotatable bonds is 6. The molecule has 1 unspecified atom stereocenters. The molecule has 1 atom stereocenters. The second-order valence-electron chi connectivity index (χ2n) is 7.97. The summed E-state index contributed by atoms with van der Waals surface area (Å²) >= 11 is 0. The first kappa shape index (κ1) is 18.7. The van der Waals surface area contributed by atoms with Gasteiger partial charge >= 0.3 is 0 Å². The van der Waals surface area contributed by atoms with Gasteiger partial charge in [0.15, 0.2) is 6.10 Å². The average Bonchev–Trinajstić information content (AvgIpc) is 3.40. The maximum absolute atomic E-state index is 13.2. The van der Waals surface area contributed by atoms with Crippen LogP contribution in [0.4, 0.5) is 0 Å². The lowest BCUT2D eigenvalue weighted by molar-refractivity contribution is -0.137. The standard InChI is InChI=1S/C24H28N2O2/c1-18-9-5-8-14-22(18)23-15-21(28-25-23)17-26(16-19-10-3-2-4-11-19)24(27)20-12-6-7-13-20/h2-5,8-11,14,20-21H,6-7,12-13,15-17H2,1H3. The molecule has 1 amide bonds. The first-order valence-electron chi connectivity index (χ1n) is 10.3. The number of hydrogen-bond donors (Lipinski definition) is 0. The minimum Gasteiger partial charge on any atom is -0.390 e. The summed E-state index contributed by atoms with van der Waals surface area (Å²) in [5.41, 5.74) is 4.48. The highest BCUT2D eigenvalue weighted by Crippen LogP contribution is 2.28. The molecule has 2 aliphatic rings. The normalized spacial score (nSPS) is 19.3. The van der Waals surface area contributed by atoms with Gasteiger partial charge in [-0.15, -0.1) is 0 Å². The molecule has 4 rings (SSSR count). The number of nitrogens with zero attached hydrogens (tertiary/aromatic N) is 2. The molecule has 2 aromatic rings. The van der Waals surface area contributed by atoms with Crippen molar-refractivity contribution in [2.75, 3.05) is 6.54 Å². The maximum Gasteiger partial charge on any atom is 0.226 e. The van der Waals surface area contributed by atoms with Gasteiger partial charge in [-0.25, -0.2) is 0 Å². The zero-order chi connectivity index (χ0) is 19.3. The van der Waals surface area contributed by atoms with E-state index in [4.69, 9.17) is 4.84 Å². The van der Waals surface area contributed by atoms with Crippen LogP contribution in [0.1, 0.15) is 48.8 Å². The fraction of sp³-hybridized carbons (Fsp3) is 0.417. The van der Waals surface area contributed by atoms with E-state index in [2.05, 4.69) is 36.3 Å². The van der Waals surface area contributed by atoms with E-state index in [9.17, 15) is 4.79 Å². The van der Waals surface area contributed by atoms with Crippen LogP contribution in [0.25, 0.3) is 0 Å². The molecular weight excluding hydrogens is 348 g/mol. The van der Waals surface area contributed by atoms with Gasteiger partial charge < -0.3 is 9.74 Å². The molecule has 0 aromatic heterocycles. The van der Waals surface area contributed by atoms with Crippen LogP contribution in [0, 0.1) is 12.8 Å². The highest BCUT2D eigenvalue weighted by Gasteiger charge is 2.31. The van der Waals surface area contributed by atoms with Crippen molar-refractivity contribution in [3.05, 3.63) is 71.3 Å². The zero-order valence-corrected chi connectivity index (χ0v) is 16.5. The van der Waals surface area contributed by atoms with Crippen LogP contribution in [-0.4, -0.2) is 29.2 Å². The molecule has 4 heteroatoms. The van der Waals surface area contributed by atoms with Crippen molar-refractivity contribution in [1.29, 1.82) is 0 Å². The Morgan fingerprint density at radius 3 is 2.54 bits per heavy atom. The van der Waals surface area contributed by atoms with Gasteiger partial charge in [-0.1, -0.05) is 72.6 Å². The van der Waals surface area contributed by atoms with E-state index in [0.717, 1.165) is 48.9 Å². The molecule has 146 valence electrons. The van der Waals surface area contributed by atoms with Crippen LogP contribution in [0.3, 0.4) is 0 Å². The summed E-state index contributed by atoms with van der Waals surface area (Å²) in [7, 11) is 0. The summed E-state index contributed by atoms with van der Waals surface area (Å²) in [6.45, 7) is 3.31. The smallest absolute Gasteiger partial charge is 0.226 e. The Labute approximate surface area is 167 Å². The fourth-order valence-electron chi connectivity index (χ4n) is 4.30. The highest BCUT2D eigenvalue weighted by atomic mass is 16.6. The van der Waals surface area contributed by atoms with Crippen LogP contribution in [0.5, 0.6) is 0 Å². The Morgan fingerprint density at radius 1 is 1.07 bits per heavy atom.